The number of nitrogens with one attached hydrogen (secondary N) is 1. The molecule has 1 aliphatic rings. The molecule has 3 N–H and O–H groups in total. The van der Waals surface area contributed by atoms with Crippen LogP contribution in [0.15, 0.2) is 54.6 Å². The van der Waals surface area contributed by atoms with Crippen LogP contribution < -0.4 is 11.1 Å². The Bertz CT molecular complexity index is 772. The summed E-state index contributed by atoms with van der Waals surface area (Å²) in [6.45, 7) is 1.73. The van der Waals surface area contributed by atoms with Gasteiger partial charge >= 0.3 is 0 Å². The van der Waals surface area contributed by atoms with Gasteiger partial charge in [-0.05, 0) is 33.2 Å². The highest BCUT2D eigenvalue weighted by Crippen LogP contribution is 2.30. The summed E-state index contributed by atoms with van der Waals surface area (Å²) in [7, 11) is 0. The maximum atomic E-state index is 6.37. The van der Waals surface area contributed by atoms with Crippen molar-refractivity contribution in [2.75, 3.05) is 13.1 Å². The molecule has 2 heteroatoms. The SMILES string of the molecule is NC1(c2ccc3c(ccc4ccccc43)c2)CNC1. The van der Waals surface area contributed by atoms with E-state index in [4.69, 9.17) is 5.73 Å². The average molecular weight is 248 g/mol. The summed E-state index contributed by atoms with van der Waals surface area (Å²) in [5, 5.41) is 8.42. The van der Waals surface area contributed by atoms with Gasteiger partial charge in [0.25, 0.3) is 0 Å². The lowest BCUT2D eigenvalue weighted by Gasteiger charge is -2.39. The molecule has 19 heavy (non-hydrogen) atoms. The van der Waals surface area contributed by atoms with Gasteiger partial charge in [0.2, 0.25) is 0 Å². The Morgan fingerprint density at radius 1 is 0.842 bits per heavy atom. The molecule has 0 radical (unpaired) electrons. The van der Waals surface area contributed by atoms with E-state index in [9.17, 15) is 0 Å². The highest BCUT2D eigenvalue weighted by molar-refractivity contribution is 6.07. The zero-order valence-electron chi connectivity index (χ0n) is 10.7. The van der Waals surface area contributed by atoms with Crippen LogP contribution in [0.5, 0.6) is 0 Å². The van der Waals surface area contributed by atoms with Crippen molar-refractivity contribution in [1.82, 2.24) is 5.32 Å². The highest BCUT2D eigenvalue weighted by atomic mass is 15.1. The van der Waals surface area contributed by atoms with Crippen molar-refractivity contribution in [3.63, 3.8) is 0 Å². The van der Waals surface area contributed by atoms with Gasteiger partial charge in [0.05, 0.1) is 5.54 Å². The molecule has 0 unspecified atom stereocenters. The number of benzene rings is 3. The molecule has 0 amide bonds. The van der Waals surface area contributed by atoms with Gasteiger partial charge in [0.1, 0.15) is 0 Å². The van der Waals surface area contributed by atoms with Crippen LogP contribution in [0, 0.1) is 0 Å². The lowest BCUT2D eigenvalue weighted by atomic mass is 9.84. The first-order valence-corrected chi connectivity index (χ1v) is 6.68. The van der Waals surface area contributed by atoms with E-state index in [1.54, 1.807) is 0 Å². The molecule has 1 fully saturated rings. The molecule has 0 spiro atoms. The van der Waals surface area contributed by atoms with Crippen LogP contribution in [0.25, 0.3) is 21.5 Å². The van der Waals surface area contributed by atoms with Crippen LogP contribution in [0.3, 0.4) is 0 Å². The molecule has 1 aliphatic heterocycles. The minimum atomic E-state index is -0.181. The summed E-state index contributed by atoms with van der Waals surface area (Å²) >= 11 is 0. The summed E-state index contributed by atoms with van der Waals surface area (Å²) < 4.78 is 0. The molecule has 94 valence electrons. The molecule has 0 aliphatic carbocycles. The van der Waals surface area contributed by atoms with Crippen LogP contribution in [-0.2, 0) is 5.54 Å². The number of nitrogens with two attached hydrogens (primary N) is 1. The number of fused-ring (bicyclic) bond motifs is 3. The summed E-state index contributed by atoms with van der Waals surface area (Å²) in [5.74, 6) is 0. The first-order chi connectivity index (χ1) is 9.26. The fourth-order valence-electron chi connectivity index (χ4n) is 2.92. The third-order valence-electron chi connectivity index (χ3n) is 4.20. The zero-order valence-corrected chi connectivity index (χ0v) is 10.7. The van der Waals surface area contributed by atoms with E-state index in [1.807, 2.05) is 0 Å². The van der Waals surface area contributed by atoms with Gasteiger partial charge in [0, 0.05) is 13.1 Å². The van der Waals surface area contributed by atoms with Crippen molar-refractivity contribution in [1.29, 1.82) is 0 Å². The van der Waals surface area contributed by atoms with Crippen molar-refractivity contribution >= 4 is 21.5 Å². The second kappa shape index (κ2) is 3.80. The molecule has 0 bridgehead atoms. The maximum Gasteiger partial charge on any atom is 0.0662 e. The summed E-state index contributed by atoms with van der Waals surface area (Å²) in [4.78, 5) is 0. The molecule has 4 rings (SSSR count). The second-order valence-corrected chi connectivity index (χ2v) is 5.48. The molecular weight excluding hydrogens is 232 g/mol. The summed E-state index contributed by atoms with van der Waals surface area (Å²) in [6, 6.07) is 19.5. The van der Waals surface area contributed by atoms with Crippen molar-refractivity contribution < 1.29 is 0 Å². The van der Waals surface area contributed by atoms with Crippen LogP contribution in [0.1, 0.15) is 5.56 Å². The average Bonchev–Trinajstić information content (AvgIpc) is 2.44. The van der Waals surface area contributed by atoms with Crippen LogP contribution in [0.2, 0.25) is 0 Å². The van der Waals surface area contributed by atoms with E-state index >= 15 is 0 Å². The zero-order chi connectivity index (χ0) is 12.9. The van der Waals surface area contributed by atoms with Gasteiger partial charge < -0.3 is 11.1 Å². The lowest BCUT2D eigenvalue weighted by Crippen LogP contribution is -2.62. The van der Waals surface area contributed by atoms with E-state index in [0.29, 0.717) is 0 Å². The first-order valence-electron chi connectivity index (χ1n) is 6.68. The minimum Gasteiger partial charge on any atom is -0.319 e. The Morgan fingerprint density at radius 2 is 1.58 bits per heavy atom. The third kappa shape index (κ3) is 1.57. The van der Waals surface area contributed by atoms with E-state index in [0.717, 1.165) is 13.1 Å². The Morgan fingerprint density at radius 3 is 2.37 bits per heavy atom. The van der Waals surface area contributed by atoms with Gasteiger partial charge in [-0.15, -0.1) is 0 Å². The van der Waals surface area contributed by atoms with Gasteiger partial charge in [-0.1, -0.05) is 48.5 Å². The first kappa shape index (κ1) is 11.0. The Kier molecular flexibility index (Phi) is 2.19. The van der Waals surface area contributed by atoms with Gasteiger partial charge in [0.15, 0.2) is 0 Å². The predicted molar refractivity (Wildman–Crippen MR) is 80.2 cm³/mol. The van der Waals surface area contributed by atoms with Gasteiger partial charge in [-0.3, -0.25) is 0 Å². The smallest absolute Gasteiger partial charge is 0.0662 e. The molecule has 2 nitrogen and oxygen atoms in total. The van der Waals surface area contributed by atoms with E-state index < -0.39 is 0 Å². The standard InChI is InChI=1S/C17H16N2/c18-17(10-19-11-17)14-7-8-16-13(9-14)6-5-12-3-1-2-4-15(12)16/h1-9,19H,10-11,18H2. The topological polar surface area (TPSA) is 38.0 Å². The Balaban J connectivity index is 1.98. The maximum absolute atomic E-state index is 6.37. The molecule has 1 saturated heterocycles. The number of hydrogen-bond acceptors (Lipinski definition) is 2. The fraction of sp³-hybridized carbons (Fsp3) is 0.176. The van der Waals surface area contributed by atoms with Crippen molar-refractivity contribution in [2.24, 2.45) is 5.73 Å². The van der Waals surface area contributed by atoms with Crippen LogP contribution in [0.4, 0.5) is 0 Å². The van der Waals surface area contributed by atoms with Crippen LogP contribution in [-0.4, -0.2) is 13.1 Å². The molecule has 0 aromatic heterocycles. The molecule has 3 aromatic rings. The summed E-state index contributed by atoms with van der Waals surface area (Å²) in [5.41, 5.74) is 7.42. The third-order valence-corrected chi connectivity index (χ3v) is 4.20. The van der Waals surface area contributed by atoms with E-state index in [2.05, 4.69) is 59.9 Å². The second-order valence-electron chi connectivity index (χ2n) is 5.48. The van der Waals surface area contributed by atoms with E-state index in [-0.39, 0.29) is 5.54 Å². The molecule has 0 atom stereocenters. The van der Waals surface area contributed by atoms with Crippen molar-refractivity contribution in [2.45, 2.75) is 5.54 Å². The normalized spacial score (nSPS) is 17.5. The fourth-order valence-corrected chi connectivity index (χ4v) is 2.92. The van der Waals surface area contributed by atoms with Crippen molar-refractivity contribution in [3.8, 4) is 0 Å². The van der Waals surface area contributed by atoms with Gasteiger partial charge in [-0.25, -0.2) is 0 Å². The summed E-state index contributed by atoms with van der Waals surface area (Å²) in [6.07, 6.45) is 0. The Labute approximate surface area is 112 Å². The molecular formula is C17H16N2. The monoisotopic (exact) mass is 248 g/mol. The number of hydrogen-bond donors (Lipinski definition) is 2. The Hall–Kier alpha value is -1.90. The minimum absolute atomic E-state index is 0.181. The highest BCUT2D eigenvalue weighted by Gasteiger charge is 2.34. The van der Waals surface area contributed by atoms with Gasteiger partial charge in [-0.2, -0.15) is 0 Å². The largest absolute Gasteiger partial charge is 0.319 e. The predicted octanol–water partition coefficient (Wildman–Crippen LogP) is 2.75. The lowest BCUT2D eigenvalue weighted by molar-refractivity contribution is 0.287. The molecule has 3 aromatic carbocycles. The number of rotatable bonds is 1. The van der Waals surface area contributed by atoms with Crippen molar-refractivity contribution in [3.05, 3.63) is 60.2 Å². The van der Waals surface area contributed by atoms with E-state index in [1.165, 1.54) is 27.1 Å². The quantitative estimate of drug-likeness (QED) is 0.650. The van der Waals surface area contributed by atoms with Crippen LogP contribution >= 0.6 is 0 Å². The molecule has 0 saturated carbocycles. The molecule has 1 heterocycles.